The molecule has 0 amide bonds. The van der Waals surface area contributed by atoms with Crippen LogP contribution < -0.4 is 4.90 Å². The molecule has 0 spiro atoms. The zero-order chi connectivity index (χ0) is 27.9. The Bertz CT molecular complexity index is 2160. The van der Waals surface area contributed by atoms with Crippen LogP contribution in [0.15, 0.2) is 168 Å². The number of anilines is 3. The van der Waals surface area contributed by atoms with Crippen molar-refractivity contribution in [2.24, 2.45) is 0 Å². The lowest BCUT2D eigenvalue weighted by molar-refractivity contribution is 0.669. The maximum atomic E-state index is 6.52. The molecule has 0 aliphatic heterocycles. The van der Waals surface area contributed by atoms with Gasteiger partial charge in [-0.15, -0.1) is 0 Å². The normalized spacial score (nSPS) is 11.3. The van der Waals surface area contributed by atoms with Gasteiger partial charge in [0, 0.05) is 27.8 Å². The molecule has 0 N–H and O–H groups in total. The predicted octanol–water partition coefficient (Wildman–Crippen LogP) is 11.5. The van der Waals surface area contributed by atoms with Crippen molar-refractivity contribution >= 4 is 49.8 Å². The van der Waals surface area contributed by atoms with E-state index in [1.54, 1.807) is 0 Å². The third kappa shape index (κ3) is 4.13. The summed E-state index contributed by atoms with van der Waals surface area (Å²) in [4.78, 5) is 2.31. The highest BCUT2D eigenvalue weighted by Crippen LogP contribution is 2.43. The number of furan rings is 1. The molecule has 0 unspecified atom stereocenters. The molecule has 7 aromatic carbocycles. The lowest BCUT2D eigenvalue weighted by atomic mass is 9.95. The molecule has 0 aliphatic rings. The van der Waals surface area contributed by atoms with Gasteiger partial charge in [-0.1, -0.05) is 115 Å². The van der Waals surface area contributed by atoms with Crippen LogP contribution in [0, 0.1) is 0 Å². The monoisotopic (exact) mass is 537 g/mol. The second-order valence-electron chi connectivity index (χ2n) is 10.6. The van der Waals surface area contributed by atoms with Crippen LogP contribution in [0.5, 0.6) is 0 Å². The minimum absolute atomic E-state index is 0.886. The van der Waals surface area contributed by atoms with Crippen molar-refractivity contribution in [2.75, 3.05) is 4.90 Å². The molecule has 0 saturated carbocycles. The fourth-order valence-corrected chi connectivity index (χ4v) is 6.08. The van der Waals surface area contributed by atoms with E-state index in [0.29, 0.717) is 0 Å². The van der Waals surface area contributed by atoms with Crippen LogP contribution in [-0.2, 0) is 0 Å². The summed E-state index contributed by atoms with van der Waals surface area (Å²) in [7, 11) is 0. The number of nitrogens with zero attached hydrogens (tertiary/aromatic N) is 1. The molecule has 0 atom stereocenters. The van der Waals surface area contributed by atoms with E-state index in [0.717, 1.165) is 39.0 Å². The Hall–Kier alpha value is -5.60. The lowest BCUT2D eigenvalue weighted by Crippen LogP contribution is -2.09. The molecular formula is C40H27NO. The SMILES string of the molecule is c1ccc(-c2ccc(N(c3ccccc3)c3ccc4oc5cc(-c6ccccc6)c6ccccc6c5c4c3)cc2)cc1. The molecule has 0 bridgehead atoms. The summed E-state index contributed by atoms with van der Waals surface area (Å²) in [5.41, 5.74) is 9.86. The molecule has 0 aliphatic carbocycles. The van der Waals surface area contributed by atoms with E-state index in [2.05, 4.69) is 169 Å². The van der Waals surface area contributed by atoms with Crippen molar-refractivity contribution < 1.29 is 4.42 Å². The van der Waals surface area contributed by atoms with E-state index in [1.165, 1.54) is 33.0 Å². The van der Waals surface area contributed by atoms with Crippen LogP contribution >= 0.6 is 0 Å². The molecule has 1 heterocycles. The molecule has 0 fully saturated rings. The topological polar surface area (TPSA) is 16.4 Å². The Morgan fingerprint density at radius 3 is 1.62 bits per heavy atom. The van der Waals surface area contributed by atoms with Crippen LogP contribution in [0.2, 0.25) is 0 Å². The number of rotatable bonds is 5. The maximum Gasteiger partial charge on any atom is 0.136 e. The molecule has 198 valence electrons. The van der Waals surface area contributed by atoms with E-state index >= 15 is 0 Å². The van der Waals surface area contributed by atoms with Crippen molar-refractivity contribution in [1.82, 2.24) is 0 Å². The minimum atomic E-state index is 0.886. The summed E-state index contributed by atoms with van der Waals surface area (Å²) in [6, 6.07) is 57.8. The number of para-hydroxylation sites is 1. The first-order chi connectivity index (χ1) is 20.8. The summed E-state index contributed by atoms with van der Waals surface area (Å²) < 4.78 is 6.52. The summed E-state index contributed by atoms with van der Waals surface area (Å²) in [6.07, 6.45) is 0. The molecule has 2 heteroatoms. The molecule has 8 rings (SSSR count). The first-order valence-corrected chi connectivity index (χ1v) is 14.3. The Labute approximate surface area is 244 Å². The van der Waals surface area contributed by atoms with Crippen molar-refractivity contribution in [2.45, 2.75) is 0 Å². The highest BCUT2D eigenvalue weighted by molar-refractivity contribution is 6.22. The van der Waals surface area contributed by atoms with E-state index in [4.69, 9.17) is 4.42 Å². The standard InChI is InChI=1S/C40H27NO/c1-4-12-28(13-5-1)29-20-22-32(23-21-29)41(31-16-8-3-9-17-31)33-24-25-38-37(26-33)40-35-19-11-10-18-34(35)36(27-39(40)42-38)30-14-6-2-7-15-30/h1-27H. The van der Waals surface area contributed by atoms with Gasteiger partial charge in [-0.2, -0.15) is 0 Å². The highest BCUT2D eigenvalue weighted by atomic mass is 16.3. The van der Waals surface area contributed by atoms with Gasteiger partial charge < -0.3 is 9.32 Å². The maximum absolute atomic E-state index is 6.52. The summed E-state index contributed by atoms with van der Waals surface area (Å²) in [6.45, 7) is 0. The summed E-state index contributed by atoms with van der Waals surface area (Å²) >= 11 is 0. The van der Waals surface area contributed by atoms with Crippen molar-refractivity contribution in [3.63, 3.8) is 0 Å². The molecule has 1 aromatic heterocycles. The van der Waals surface area contributed by atoms with Crippen LogP contribution in [-0.4, -0.2) is 0 Å². The van der Waals surface area contributed by atoms with Gasteiger partial charge in [0.15, 0.2) is 0 Å². The highest BCUT2D eigenvalue weighted by Gasteiger charge is 2.18. The second kappa shape index (κ2) is 10.1. The Balaban J connectivity index is 1.32. The lowest BCUT2D eigenvalue weighted by Gasteiger charge is -2.25. The van der Waals surface area contributed by atoms with Crippen LogP contribution in [0.25, 0.3) is 55.0 Å². The van der Waals surface area contributed by atoms with Crippen molar-refractivity contribution in [3.05, 3.63) is 164 Å². The van der Waals surface area contributed by atoms with Crippen molar-refractivity contribution in [3.8, 4) is 22.3 Å². The molecule has 0 radical (unpaired) electrons. The predicted molar refractivity (Wildman–Crippen MR) is 177 cm³/mol. The third-order valence-electron chi connectivity index (χ3n) is 8.05. The first-order valence-electron chi connectivity index (χ1n) is 14.3. The van der Waals surface area contributed by atoms with Gasteiger partial charge in [-0.3, -0.25) is 0 Å². The zero-order valence-electron chi connectivity index (χ0n) is 22.9. The third-order valence-corrected chi connectivity index (χ3v) is 8.05. The molecule has 0 saturated heterocycles. The number of hydrogen-bond donors (Lipinski definition) is 0. The number of benzene rings is 7. The first kappa shape index (κ1) is 24.2. The van der Waals surface area contributed by atoms with Gasteiger partial charge in [0.05, 0.1) is 0 Å². The summed E-state index contributed by atoms with van der Waals surface area (Å²) in [5, 5.41) is 4.68. The number of hydrogen-bond acceptors (Lipinski definition) is 2. The van der Waals surface area contributed by atoms with E-state index in [9.17, 15) is 0 Å². The average molecular weight is 538 g/mol. The summed E-state index contributed by atoms with van der Waals surface area (Å²) in [5.74, 6) is 0. The smallest absolute Gasteiger partial charge is 0.136 e. The van der Waals surface area contributed by atoms with Gasteiger partial charge in [-0.25, -0.2) is 0 Å². The van der Waals surface area contributed by atoms with Crippen LogP contribution in [0.4, 0.5) is 17.1 Å². The largest absolute Gasteiger partial charge is 0.456 e. The molecular weight excluding hydrogens is 510 g/mol. The average Bonchev–Trinajstić information content (AvgIpc) is 3.44. The number of fused-ring (bicyclic) bond motifs is 5. The van der Waals surface area contributed by atoms with Gasteiger partial charge >= 0.3 is 0 Å². The van der Waals surface area contributed by atoms with Crippen molar-refractivity contribution in [1.29, 1.82) is 0 Å². The molecule has 2 nitrogen and oxygen atoms in total. The molecule has 42 heavy (non-hydrogen) atoms. The Kier molecular flexibility index (Phi) is 5.82. The van der Waals surface area contributed by atoms with Gasteiger partial charge in [0.1, 0.15) is 11.2 Å². The van der Waals surface area contributed by atoms with E-state index in [-0.39, 0.29) is 0 Å². The molecule has 8 aromatic rings. The minimum Gasteiger partial charge on any atom is -0.456 e. The Morgan fingerprint density at radius 1 is 0.357 bits per heavy atom. The quantitative estimate of drug-likeness (QED) is 0.217. The fourth-order valence-electron chi connectivity index (χ4n) is 6.08. The van der Waals surface area contributed by atoms with Gasteiger partial charge in [0.25, 0.3) is 0 Å². The second-order valence-corrected chi connectivity index (χ2v) is 10.6. The Morgan fingerprint density at radius 2 is 0.905 bits per heavy atom. The van der Waals surface area contributed by atoms with Gasteiger partial charge in [0.2, 0.25) is 0 Å². The van der Waals surface area contributed by atoms with E-state index < -0.39 is 0 Å². The zero-order valence-corrected chi connectivity index (χ0v) is 22.9. The fraction of sp³-hybridized carbons (Fsp3) is 0. The van der Waals surface area contributed by atoms with E-state index in [1.807, 2.05) is 0 Å². The van der Waals surface area contributed by atoms with Crippen LogP contribution in [0.1, 0.15) is 0 Å². The van der Waals surface area contributed by atoms with Crippen LogP contribution in [0.3, 0.4) is 0 Å². The van der Waals surface area contributed by atoms with Gasteiger partial charge in [-0.05, 0) is 81.6 Å².